The molecular weight excluding hydrogens is 425 g/mol. The van der Waals surface area contributed by atoms with Gasteiger partial charge in [-0.05, 0) is 60.0 Å². The SMILES string of the molecule is CC(C)c1ccc(NC(=O)CSc2nnc(-c3ccncc3)n2-c2ccc(F)cc2)cc1. The maximum absolute atomic E-state index is 13.5. The van der Waals surface area contributed by atoms with Gasteiger partial charge in [0.05, 0.1) is 5.75 Å². The molecule has 0 aliphatic heterocycles. The molecule has 0 unspecified atom stereocenters. The van der Waals surface area contributed by atoms with Crippen LogP contribution in [0.1, 0.15) is 25.3 Å². The normalized spacial score (nSPS) is 11.0. The number of carbonyl (C=O) groups excluding carboxylic acids is 1. The lowest BCUT2D eigenvalue weighted by molar-refractivity contribution is -0.113. The fraction of sp³-hybridized carbons (Fsp3) is 0.167. The summed E-state index contributed by atoms with van der Waals surface area (Å²) in [5.41, 5.74) is 3.49. The van der Waals surface area contributed by atoms with Crippen LogP contribution in [0.3, 0.4) is 0 Å². The van der Waals surface area contributed by atoms with Crippen LogP contribution in [0.2, 0.25) is 0 Å². The number of benzene rings is 2. The first-order valence-corrected chi connectivity index (χ1v) is 11.1. The van der Waals surface area contributed by atoms with Crippen molar-refractivity contribution in [2.24, 2.45) is 0 Å². The Labute approximate surface area is 189 Å². The van der Waals surface area contributed by atoms with Crippen molar-refractivity contribution in [1.29, 1.82) is 0 Å². The van der Waals surface area contributed by atoms with Crippen molar-refractivity contribution in [3.63, 3.8) is 0 Å². The molecular formula is C24H22FN5OS. The van der Waals surface area contributed by atoms with E-state index in [1.165, 1.54) is 29.5 Å². The average Bonchev–Trinajstić information content (AvgIpc) is 3.23. The van der Waals surface area contributed by atoms with Gasteiger partial charge in [0.25, 0.3) is 0 Å². The van der Waals surface area contributed by atoms with Crippen LogP contribution in [-0.2, 0) is 4.79 Å². The van der Waals surface area contributed by atoms with Crippen LogP contribution in [-0.4, -0.2) is 31.4 Å². The molecule has 0 radical (unpaired) electrons. The van der Waals surface area contributed by atoms with Crippen LogP contribution in [0.25, 0.3) is 17.1 Å². The third-order valence-electron chi connectivity index (χ3n) is 4.85. The van der Waals surface area contributed by atoms with E-state index < -0.39 is 0 Å². The predicted octanol–water partition coefficient (Wildman–Crippen LogP) is 5.32. The van der Waals surface area contributed by atoms with Crippen molar-refractivity contribution in [3.05, 3.63) is 84.4 Å². The van der Waals surface area contributed by atoms with Gasteiger partial charge in [0.15, 0.2) is 11.0 Å². The number of amides is 1. The van der Waals surface area contributed by atoms with Gasteiger partial charge in [-0.3, -0.25) is 14.3 Å². The van der Waals surface area contributed by atoms with Gasteiger partial charge in [-0.15, -0.1) is 10.2 Å². The number of pyridine rings is 1. The van der Waals surface area contributed by atoms with E-state index in [1.807, 2.05) is 41.0 Å². The van der Waals surface area contributed by atoms with Crippen molar-refractivity contribution >= 4 is 23.4 Å². The lowest BCUT2D eigenvalue weighted by Crippen LogP contribution is -2.14. The number of hydrogen-bond acceptors (Lipinski definition) is 5. The van der Waals surface area contributed by atoms with Gasteiger partial charge in [-0.1, -0.05) is 37.7 Å². The molecule has 1 N–H and O–H groups in total. The highest BCUT2D eigenvalue weighted by Crippen LogP contribution is 2.28. The number of nitrogens with zero attached hydrogens (tertiary/aromatic N) is 4. The number of hydrogen-bond donors (Lipinski definition) is 1. The van der Waals surface area contributed by atoms with E-state index in [2.05, 4.69) is 34.3 Å². The topological polar surface area (TPSA) is 72.7 Å². The van der Waals surface area contributed by atoms with Gasteiger partial charge in [0.2, 0.25) is 5.91 Å². The first-order chi connectivity index (χ1) is 15.5. The van der Waals surface area contributed by atoms with Crippen molar-refractivity contribution in [1.82, 2.24) is 19.7 Å². The molecule has 6 nitrogen and oxygen atoms in total. The molecule has 0 spiro atoms. The summed E-state index contributed by atoms with van der Waals surface area (Å²) >= 11 is 1.26. The lowest BCUT2D eigenvalue weighted by Gasteiger charge is -2.11. The Kier molecular flexibility index (Phi) is 6.61. The fourth-order valence-corrected chi connectivity index (χ4v) is 3.90. The van der Waals surface area contributed by atoms with E-state index in [-0.39, 0.29) is 17.5 Å². The van der Waals surface area contributed by atoms with E-state index in [4.69, 9.17) is 0 Å². The molecule has 0 atom stereocenters. The summed E-state index contributed by atoms with van der Waals surface area (Å²) in [4.78, 5) is 16.6. The fourth-order valence-electron chi connectivity index (χ4n) is 3.15. The minimum atomic E-state index is -0.329. The highest BCUT2D eigenvalue weighted by atomic mass is 32.2. The van der Waals surface area contributed by atoms with Crippen LogP contribution in [0, 0.1) is 5.82 Å². The van der Waals surface area contributed by atoms with E-state index >= 15 is 0 Å². The molecule has 0 aliphatic rings. The molecule has 2 heterocycles. The van der Waals surface area contributed by atoms with Crippen LogP contribution >= 0.6 is 11.8 Å². The summed E-state index contributed by atoms with van der Waals surface area (Å²) in [6, 6.07) is 17.6. The Morgan fingerprint density at radius 1 is 1.00 bits per heavy atom. The van der Waals surface area contributed by atoms with Gasteiger partial charge in [0, 0.05) is 29.3 Å². The number of aromatic nitrogens is 4. The zero-order valence-electron chi connectivity index (χ0n) is 17.7. The molecule has 0 saturated heterocycles. The molecule has 1 amide bonds. The van der Waals surface area contributed by atoms with Gasteiger partial charge in [-0.25, -0.2) is 4.39 Å². The first kappa shape index (κ1) is 21.7. The number of nitrogens with one attached hydrogen (secondary N) is 1. The smallest absolute Gasteiger partial charge is 0.234 e. The zero-order valence-corrected chi connectivity index (χ0v) is 18.5. The monoisotopic (exact) mass is 447 g/mol. The van der Waals surface area contributed by atoms with Crippen LogP contribution in [0.15, 0.2) is 78.2 Å². The second-order valence-corrected chi connectivity index (χ2v) is 8.41. The van der Waals surface area contributed by atoms with Crippen LogP contribution in [0.4, 0.5) is 10.1 Å². The summed E-state index contributed by atoms with van der Waals surface area (Å²) in [5, 5.41) is 12.0. The number of halogens is 1. The standard InChI is InChI=1S/C24H22FN5OS/c1-16(2)17-3-7-20(8-4-17)27-22(31)15-32-24-29-28-23(18-11-13-26-14-12-18)30(24)21-9-5-19(25)6-10-21/h3-14,16H,15H2,1-2H3,(H,27,31). The molecule has 32 heavy (non-hydrogen) atoms. The number of thioether (sulfide) groups is 1. The predicted molar refractivity (Wildman–Crippen MR) is 124 cm³/mol. The molecule has 0 aliphatic carbocycles. The van der Waals surface area contributed by atoms with Crippen LogP contribution < -0.4 is 5.32 Å². The van der Waals surface area contributed by atoms with E-state index in [9.17, 15) is 9.18 Å². The molecule has 0 fully saturated rings. The zero-order chi connectivity index (χ0) is 22.5. The number of anilines is 1. The molecule has 0 bridgehead atoms. The quantitative estimate of drug-likeness (QED) is 0.388. The van der Waals surface area contributed by atoms with E-state index in [0.717, 1.165) is 11.3 Å². The van der Waals surface area contributed by atoms with Gasteiger partial charge in [-0.2, -0.15) is 0 Å². The molecule has 0 saturated carbocycles. The highest BCUT2D eigenvalue weighted by Gasteiger charge is 2.17. The lowest BCUT2D eigenvalue weighted by atomic mass is 10.0. The molecule has 162 valence electrons. The minimum absolute atomic E-state index is 0.147. The van der Waals surface area contributed by atoms with E-state index in [1.54, 1.807) is 24.5 Å². The van der Waals surface area contributed by atoms with Crippen molar-refractivity contribution in [3.8, 4) is 17.1 Å². The number of carbonyl (C=O) groups is 1. The number of rotatable bonds is 7. The maximum Gasteiger partial charge on any atom is 0.234 e. The van der Waals surface area contributed by atoms with Crippen molar-refractivity contribution in [2.75, 3.05) is 11.1 Å². The third kappa shape index (κ3) is 5.03. The van der Waals surface area contributed by atoms with Crippen molar-refractivity contribution < 1.29 is 9.18 Å². The molecule has 2 aromatic carbocycles. The Morgan fingerprint density at radius 3 is 2.34 bits per heavy atom. The summed E-state index contributed by atoms with van der Waals surface area (Å²) in [5.74, 6) is 0.700. The third-order valence-corrected chi connectivity index (χ3v) is 5.78. The molecule has 4 aromatic rings. The Balaban J connectivity index is 1.53. The van der Waals surface area contributed by atoms with Gasteiger partial charge >= 0.3 is 0 Å². The second-order valence-electron chi connectivity index (χ2n) is 7.47. The Hall–Kier alpha value is -3.52. The van der Waals surface area contributed by atoms with Gasteiger partial charge in [0.1, 0.15) is 5.82 Å². The van der Waals surface area contributed by atoms with Gasteiger partial charge < -0.3 is 5.32 Å². The minimum Gasteiger partial charge on any atom is -0.325 e. The van der Waals surface area contributed by atoms with Crippen LogP contribution in [0.5, 0.6) is 0 Å². The second kappa shape index (κ2) is 9.74. The largest absolute Gasteiger partial charge is 0.325 e. The average molecular weight is 448 g/mol. The summed E-state index contributed by atoms with van der Waals surface area (Å²) in [6.07, 6.45) is 3.34. The Morgan fingerprint density at radius 2 is 1.69 bits per heavy atom. The highest BCUT2D eigenvalue weighted by molar-refractivity contribution is 7.99. The maximum atomic E-state index is 13.5. The first-order valence-electron chi connectivity index (χ1n) is 10.2. The summed E-state index contributed by atoms with van der Waals surface area (Å²) < 4.78 is 15.3. The molecule has 2 aromatic heterocycles. The van der Waals surface area contributed by atoms with Crippen molar-refractivity contribution in [2.45, 2.75) is 24.9 Å². The van der Waals surface area contributed by atoms with E-state index in [0.29, 0.717) is 22.6 Å². The summed E-state index contributed by atoms with van der Waals surface area (Å²) in [7, 11) is 0. The molecule has 4 rings (SSSR count). The summed E-state index contributed by atoms with van der Waals surface area (Å²) in [6.45, 7) is 4.25. The Bertz CT molecular complexity index is 1190. The molecule has 8 heteroatoms.